The van der Waals surface area contributed by atoms with Gasteiger partial charge in [0.25, 0.3) is 0 Å². The van der Waals surface area contributed by atoms with Gasteiger partial charge in [0.2, 0.25) is 0 Å². The molecule has 2 bridgehead atoms. The molecule has 2 atom stereocenters. The van der Waals surface area contributed by atoms with Crippen molar-refractivity contribution in [3.63, 3.8) is 0 Å². The molecule has 2 aromatic rings. The Balaban J connectivity index is 1.56. The molecule has 0 spiro atoms. The van der Waals surface area contributed by atoms with Crippen molar-refractivity contribution in [2.75, 3.05) is 6.26 Å². The minimum absolute atomic E-state index is 0.00525. The highest BCUT2D eigenvalue weighted by molar-refractivity contribution is 7.91. The van der Waals surface area contributed by atoms with Crippen molar-refractivity contribution < 1.29 is 13.2 Å². The van der Waals surface area contributed by atoms with Crippen molar-refractivity contribution in [2.24, 2.45) is 0 Å². The van der Waals surface area contributed by atoms with Crippen LogP contribution < -0.4 is 5.32 Å². The van der Waals surface area contributed by atoms with E-state index in [0.717, 1.165) is 24.0 Å². The van der Waals surface area contributed by atoms with E-state index in [1.165, 1.54) is 6.26 Å². The number of nitrogens with one attached hydrogen (secondary N) is 1. The number of urea groups is 1. The maximum Gasteiger partial charge on any atom is 0.318 e. The van der Waals surface area contributed by atoms with Gasteiger partial charge in [-0.05, 0) is 36.8 Å². The van der Waals surface area contributed by atoms with Crippen LogP contribution >= 0.6 is 0 Å². The zero-order valence-corrected chi connectivity index (χ0v) is 16.8. The molecule has 2 unspecified atom stereocenters. The Morgan fingerprint density at radius 1 is 0.929 bits per heavy atom. The van der Waals surface area contributed by atoms with Gasteiger partial charge in [-0.25, -0.2) is 13.2 Å². The van der Waals surface area contributed by atoms with Crippen molar-refractivity contribution in [2.45, 2.75) is 49.1 Å². The fourth-order valence-electron chi connectivity index (χ4n) is 4.66. The lowest BCUT2D eigenvalue weighted by Gasteiger charge is -2.39. The van der Waals surface area contributed by atoms with Crippen LogP contribution in [0.2, 0.25) is 0 Å². The van der Waals surface area contributed by atoms with Crippen LogP contribution in [0.3, 0.4) is 0 Å². The van der Waals surface area contributed by atoms with Gasteiger partial charge in [0.05, 0.1) is 11.3 Å². The van der Waals surface area contributed by atoms with Gasteiger partial charge in [0.15, 0.2) is 0 Å². The van der Waals surface area contributed by atoms with E-state index in [2.05, 4.69) is 5.32 Å². The molecule has 0 aliphatic carbocycles. The molecule has 1 N–H and O–H groups in total. The highest BCUT2D eigenvalue weighted by atomic mass is 32.2. The lowest BCUT2D eigenvalue weighted by molar-refractivity contribution is 0.146. The first-order valence-electron chi connectivity index (χ1n) is 9.81. The van der Waals surface area contributed by atoms with Crippen molar-refractivity contribution >= 4 is 15.9 Å². The normalized spacial score (nSPS) is 24.4. The fourth-order valence-corrected chi connectivity index (χ4v) is 5.80. The molecular formula is C22H26N2O3S. The maximum absolute atomic E-state index is 13.2. The van der Waals surface area contributed by atoms with Crippen LogP contribution in [0.25, 0.3) is 0 Å². The summed E-state index contributed by atoms with van der Waals surface area (Å²) in [5, 5.41) is 2.89. The zero-order valence-electron chi connectivity index (χ0n) is 16.0. The van der Waals surface area contributed by atoms with Crippen LogP contribution in [0, 0.1) is 0 Å². The number of carbonyl (C=O) groups excluding carboxylic acids is 1. The molecule has 2 heterocycles. The van der Waals surface area contributed by atoms with Gasteiger partial charge in [-0.2, -0.15) is 0 Å². The number of nitrogens with zero attached hydrogens (tertiary/aromatic N) is 1. The predicted octanol–water partition coefficient (Wildman–Crippen LogP) is 3.53. The Kier molecular flexibility index (Phi) is 5.15. The third-order valence-electron chi connectivity index (χ3n) is 6.06. The Bertz CT molecular complexity index is 877. The van der Waals surface area contributed by atoms with Crippen LogP contribution in [0.5, 0.6) is 0 Å². The molecule has 0 aromatic heterocycles. The molecule has 2 saturated heterocycles. The first kappa shape index (κ1) is 19.0. The maximum atomic E-state index is 13.2. The van der Waals surface area contributed by atoms with E-state index in [9.17, 15) is 13.2 Å². The molecule has 2 aromatic carbocycles. The Morgan fingerprint density at radius 2 is 1.39 bits per heavy atom. The first-order chi connectivity index (χ1) is 13.4. The molecule has 2 fully saturated rings. The van der Waals surface area contributed by atoms with Crippen LogP contribution in [0.4, 0.5) is 4.79 Å². The Morgan fingerprint density at radius 3 is 1.82 bits per heavy atom. The second kappa shape index (κ2) is 7.59. The van der Waals surface area contributed by atoms with E-state index < -0.39 is 9.84 Å². The second-order valence-corrected chi connectivity index (χ2v) is 10.2. The van der Waals surface area contributed by atoms with Crippen molar-refractivity contribution in [1.82, 2.24) is 10.2 Å². The summed E-state index contributed by atoms with van der Waals surface area (Å²) in [6.07, 6.45) is 4.17. The number of fused-ring (bicyclic) bond motifs is 2. The van der Waals surface area contributed by atoms with Gasteiger partial charge in [-0.3, -0.25) is 0 Å². The summed E-state index contributed by atoms with van der Waals surface area (Å²) in [7, 11) is -3.07. The fraction of sp³-hybridized carbons (Fsp3) is 0.409. The lowest BCUT2D eigenvalue weighted by Crippen LogP contribution is -2.53. The number of carbonyl (C=O) groups is 1. The predicted molar refractivity (Wildman–Crippen MR) is 110 cm³/mol. The Labute approximate surface area is 166 Å². The van der Waals surface area contributed by atoms with Gasteiger partial charge in [0, 0.05) is 18.3 Å². The van der Waals surface area contributed by atoms with E-state index >= 15 is 0 Å². The number of piperidine rings is 1. The second-order valence-electron chi connectivity index (χ2n) is 7.92. The average Bonchev–Trinajstić information content (AvgIpc) is 2.96. The van der Waals surface area contributed by atoms with E-state index in [4.69, 9.17) is 0 Å². The number of rotatable bonds is 4. The summed E-state index contributed by atoms with van der Waals surface area (Å²) >= 11 is 0. The third-order valence-corrected chi connectivity index (χ3v) is 7.66. The van der Waals surface area contributed by atoms with Crippen LogP contribution in [0.15, 0.2) is 60.7 Å². The molecule has 28 heavy (non-hydrogen) atoms. The minimum atomic E-state index is -3.07. The molecule has 5 nitrogen and oxygen atoms in total. The SMILES string of the molecule is CS(=O)(=O)C1CC2CCC(C1)N2C(=O)NC(c1ccccc1)c1ccccc1. The molecule has 148 valence electrons. The molecule has 0 saturated carbocycles. The van der Waals surface area contributed by atoms with Gasteiger partial charge in [-0.1, -0.05) is 60.7 Å². The largest absolute Gasteiger partial charge is 0.327 e. The summed E-state index contributed by atoms with van der Waals surface area (Å²) in [6.45, 7) is 0. The molecule has 2 aliphatic heterocycles. The quantitative estimate of drug-likeness (QED) is 0.857. The summed E-state index contributed by atoms with van der Waals surface area (Å²) in [5.41, 5.74) is 2.06. The monoisotopic (exact) mass is 398 g/mol. The van der Waals surface area contributed by atoms with Crippen LogP contribution in [-0.2, 0) is 9.84 Å². The molecule has 4 rings (SSSR count). The molecule has 6 heteroatoms. The highest BCUT2D eigenvalue weighted by Crippen LogP contribution is 2.38. The van der Waals surface area contributed by atoms with E-state index in [1.807, 2.05) is 65.6 Å². The number of hydrogen-bond donors (Lipinski definition) is 1. The minimum Gasteiger partial charge on any atom is -0.327 e. The van der Waals surface area contributed by atoms with Crippen LogP contribution in [0.1, 0.15) is 42.9 Å². The van der Waals surface area contributed by atoms with Gasteiger partial charge in [0.1, 0.15) is 9.84 Å². The lowest BCUT2D eigenvalue weighted by atomic mass is 9.98. The third kappa shape index (κ3) is 3.78. The smallest absolute Gasteiger partial charge is 0.318 e. The molecule has 0 radical (unpaired) electrons. The van der Waals surface area contributed by atoms with Crippen molar-refractivity contribution in [3.8, 4) is 0 Å². The van der Waals surface area contributed by atoms with E-state index in [-0.39, 0.29) is 29.4 Å². The van der Waals surface area contributed by atoms with Crippen molar-refractivity contribution in [3.05, 3.63) is 71.8 Å². The average molecular weight is 399 g/mol. The summed E-state index contributed by atoms with van der Waals surface area (Å²) in [4.78, 5) is 15.1. The van der Waals surface area contributed by atoms with Gasteiger partial charge >= 0.3 is 6.03 Å². The number of sulfone groups is 1. The number of amides is 2. The van der Waals surface area contributed by atoms with E-state index in [0.29, 0.717) is 12.8 Å². The van der Waals surface area contributed by atoms with Crippen molar-refractivity contribution in [1.29, 1.82) is 0 Å². The standard InChI is InChI=1S/C22H26N2O3S/c1-28(26,27)20-14-18-12-13-19(15-20)24(18)22(25)23-21(16-8-4-2-5-9-16)17-10-6-3-7-11-17/h2-11,18-21H,12-15H2,1H3,(H,23,25). The number of benzene rings is 2. The summed E-state index contributed by atoms with van der Waals surface area (Å²) in [5.74, 6) is 0. The highest BCUT2D eigenvalue weighted by Gasteiger charge is 2.46. The first-order valence-corrected chi connectivity index (χ1v) is 11.8. The molecule has 2 aliphatic rings. The van der Waals surface area contributed by atoms with Gasteiger partial charge < -0.3 is 10.2 Å². The van der Waals surface area contributed by atoms with E-state index in [1.54, 1.807) is 0 Å². The summed E-state index contributed by atoms with van der Waals surface area (Å²) < 4.78 is 24.0. The molecule has 2 amide bonds. The molecular weight excluding hydrogens is 372 g/mol. The number of hydrogen-bond acceptors (Lipinski definition) is 3. The summed E-state index contributed by atoms with van der Waals surface area (Å²) in [6, 6.07) is 19.5. The Hall–Kier alpha value is -2.34. The zero-order chi connectivity index (χ0) is 19.7. The van der Waals surface area contributed by atoms with Gasteiger partial charge in [-0.15, -0.1) is 0 Å². The van der Waals surface area contributed by atoms with Crippen LogP contribution in [-0.4, -0.2) is 42.9 Å². The topological polar surface area (TPSA) is 66.5 Å².